The predicted molar refractivity (Wildman–Crippen MR) is 134 cm³/mol. The van der Waals surface area contributed by atoms with E-state index >= 15 is 0 Å². The van der Waals surface area contributed by atoms with E-state index in [-0.39, 0.29) is 21.3 Å². The smallest absolute Gasteiger partial charge is 0.324 e. The van der Waals surface area contributed by atoms with Crippen molar-refractivity contribution in [1.29, 1.82) is 0 Å². The van der Waals surface area contributed by atoms with Crippen molar-refractivity contribution in [2.24, 2.45) is 14.1 Å². The number of carbonyl (C=O) groups is 1. The highest BCUT2D eigenvalue weighted by Gasteiger charge is 2.29. The molecule has 0 saturated heterocycles. The molecule has 0 aliphatic carbocycles. The minimum atomic E-state index is -4.12. The zero-order valence-corrected chi connectivity index (χ0v) is 20.5. The van der Waals surface area contributed by atoms with E-state index in [0.29, 0.717) is 21.7 Å². The van der Waals surface area contributed by atoms with Gasteiger partial charge in [0, 0.05) is 24.8 Å². The van der Waals surface area contributed by atoms with Crippen molar-refractivity contribution in [2.45, 2.75) is 4.90 Å². The lowest BCUT2D eigenvalue weighted by atomic mass is 10.2. The maximum Gasteiger partial charge on any atom is 0.328 e. The number of benzene rings is 3. The first-order valence-corrected chi connectivity index (χ1v) is 12.3. The van der Waals surface area contributed by atoms with Gasteiger partial charge in [0.2, 0.25) is 5.91 Å². The summed E-state index contributed by atoms with van der Waals surface area (Å²) in [5, 5.41) is 3.12. The van der Waals surface area contributed by atoms with Crippen molar-refractivity contribution in [3.05, 3.63) is 87.3 Å². The van der Waals surface area contributed by atoms with Crippen molar-refractivity contribution in [3.63, 3.8) is 0 Å². The Kier molecular flexibility index (Phi) is 6.44. The molecule has 176 valence electrons. The van der Waals surface area contributed by atoms with E-state index in [0.717, 1.165) is 4.31 Å². The minimum Gasteiger partial charge on any atom is -0.324 e. The summed E-state index contributed by atoms with van der Waals surface area (Å²) in [5.74, 6) is -0.592. The number of aryl methyl sites for hydroxylation is 2. The number of fused-ring (bicyclic) bond motifs is 1. The Labute approximate surface area is 206 Å². The van der Waals surface area contributed by atoms with Gasteiger partial charge in [-0.2, -0.15) is 0 Å². The highest BCUT2D eigenvalue weighted by atomic mass is 35.5. The second-order valence-corrected chi connectivity index (χ2v) is 10.3. The van der Waals surface area contributed by atoms with Gasteiger partial charge < -0.3 is 5.32 Å². The summed E-state index contributed by atoms with van der Waals surface area (Å²) in [7, 11) is -0.835. The molecule has 4 aromatic rings. The number of anilines is 2. The molecule has 1 heterocycles. The van der Waals surface area contributed by atoms with E-state index in [9.17, 15) is 18.0 Å². The summed E-state index contributed by atoms with van der Waals surface area (Å²) < 4.78 is 30.8. The molecule has 11 heteroatoms. The van der Waals surface area contributed by atoms with Crippen LogP contribution in [0.15, 0.2) is 76.4 Å². The molecule has 0 aliphatic heterocycles. The molecular formula is C23H20Cl2N4O4S. The Bertz CT molecular complexity index is 1560. The van der Waals surface area contributed by atoms with Crippen LogP contribution < -0.4 is 15.3 Å². The zero-order valence-electron chi connectivity index (χ0n) is 18.2. The van der Waals surface area contributed by atoms with Crippen molar-refractivity contribution >= 4 is 61.5 Å². The highest BCUT2D eigenvalue weighted by molar-refractivity contribution is 7.92. The maximum absolute atomic E-state index is 13.4. The average Bonchev–Trinajstić information content (AvgIpc) is 3.02. The second-order valence-electron chi connectivity index (χ2n) is 7.57. The van der Waals surface area contributed by atoms with Gasteiger partial charge in [0.25, 0.3) is 10.0 Å². The van der Waals surface area contributed by atoms with Crippen LogP contribution in [0.3, 0.4) is 0 Å². The van der Waals surface area contributed by atoms with Gasteiger partial charge in [-0.05, 0) is 48.5 Å². The number of imidazole rings is 1. The molecule has 3 aromatic carbocycles. The molecule has 0 saturated carbocycles. The summed E-state index contributed by atoms with van der Waals surface area (Å²) in [6, 6.07) is 17.1. The van der Waals surface area contributed by atoms with Crippen LogP contribution in [0.2, 0.25) is 10.0 Å². The number of amides is 1. The Morgan fingerprint density at radius 2 is 1.62 bits per heavy atom. The molecule has 0 spiro atoms. The number of aromatic nitrogens is 2. The first-order chi connectivity index (χ1) is 16.1. The molecule has 8 nitrogen and oxygen atoms in total. The molecule has 0 atom stereocenters. The van der Waals surface area contributed by atoms with E-state index in [4.69, 9.17) is 23.2 Å². The third kappa shape index (κ3) is 4.42. The van der Waals surface area contributed by atoms with Gasteiger partial charge >= 0.3 is 5.69 Å². The van der Waals surface area contributed by atoms with Gasteiger partial charge in [-0.25, -0.2) is 13.2 Å². The number of hydrogen-bond acceptors (Lipinski definition) is 4. The van der Waals surface area contributed by atoms with Gasteiger partial charge in [-0.3, -0.25) is 18.2 Å². The monoisotopic (exact) mass is 518 g/mol. The number of hydrogen-bond donors (Lipinski definition) is 1. The van der Waals surface area contributed by atoms with Crippen molar-refractivity contribution in [1.82, 2.24) is 9.13 Å². The lowest BCUT2D eigenvalue weighted by Crippen LogP contribution is -2.38. The molecule has 0 aliphatic rings. The second kappa shape index (κ2) is 9.17. The van der Waals surface area contributed by atoms with Gasteiger partial charge in [-0.15, -0.1) is 0 Å². The lowest BCUT2D eigenvalue weighted by molar-refractivity contribution is -0.114. The summed E-state index contributed by atoms with van der Waals surface area (Å²) in [6.07, 6.45) is 0. The molecule has 0 bridgehead atoms. The van der Waals surface area contributed by atoms with Crippen LogP contribution in [-0.2, 0) is 28.9 Å². The van der Waals surface area contributed by atoms with Crippen LogP contribution >= 0.6 is 23.2 Å². The van der Waals surface area contributed by atoms with Gasteiger partial charge in [0.1, 0.15) is 6.54 Å². The molecule has 0 radical (unpaired) electrons. The van der Waals surface area contributed by atoms with Crippen molar-refractivity contribution < 1.29 is 13.2 Å². The molecule has 0 unspecified atom stereocenters. The van der Waals surface area contributed by atoms with E-state index in [1.54, 1.807) is 50.5 Å². The molecule has 1 N–H and O–H groups in total. The SMILES string of the molecule is Cn1c(=O)n(C)c2cc(NC(=O)CN(c3ccc(Cl)cc3Cl)S(=O)(=O)c3ccccc3)ccc21. The molecule has 1 amide bonds. The van der Waals surface area contributed by atoms with Crippen LogP contribution in [0, 0.1) is 0 Å². The van der Waals surface area contributed by atoms with Crippen LogP contribution in [0.4, 0.5) is 11.4 Å². The fourth-order valence-corrected chi connectivity index (χ4v) is 5.64. The summed E-state index contributed by atoms with van der Waals surface area (Å²) in [6.45, 7) is -0.537. The summed E-state index contributed by atoms with van der Waals surface area (Å²) in [5.41, 5.74) is 1.66. The molecule has 4 rings (SSSR count). The van der Waals surface area contributed by atoms with Crippen molar-refractivity contribution in [2.75, 3.05) is 16.2 Å². The standard InChI is InChI=1S/C23H20Cl2N4O4S/c1-27-20-11-9-16(13-21(20)28(2)23(27)31)26-22(30)14-29(19-10-8-15(24)12-18(19)25)34(32,33)17-6-4-3-5-7-17/h3-13H,14H2,1-2H3,(H,26,30). The maximum atomic E-state index is 13.4. The summed E-state index contributed by atoms with van der Waals surface area (Å²) in [4.78, 5) is 25.2. The van der Waals surface area contributed by atoms with Gasteiger partial charge in [0.05, 0.1) is 26.6 Å². The molecule has 0 fully saturated rings. The Morgan fingerprint density at radius 3 is 2.29 bits per heavy atom. The van der Waals surface area contributed by atoms with Crippen LogP contribution in [0.25, 0.3) is 11.0 Å². The third-order valence-electron chi connectivity index (χ3n) is 5.35. The lowest BCUT2D eigenvalue weighted by Gasteiger charge is -2.25. The first-order valence-electron chi connectivity index (χ1n) is 10.1. The zero-order chi connectivity index (χ0) is 24.6. The van der Waals surface area contributed by atoms with Crippen LogP contribution in [-0.4, -0.2) is 30.0 Å². The molecular weight excluding hydrogens is 499 g/mol. The third-order valence-corrected chi connectivity index (χ3v) is 7.66. The Balaban J connectivity index is 1.69. The van der Waals surface area contributed by atoms with E-state index < -0.39 is 22.5 Å². The molecule has 34 heavy (non-hydrogen) atoms. The number of rotatable bonds is 6. The topological polar surface area (TPSA) is 93.4 Å². The number of nitrogens with one attached hydrogen (secondary N) is 1. The number of carbonyl (C=O) groups excluding carboxylic acids is 1. The highest BCUT2D eigenvalue weighted by Crippen LogP contribution is 2.32. The van der Waals surface area contributed by atoms with E-state index in [2.05, 4.69) is 5.32 Å². The largest absolute Gasteiger partial charge is 0.328 e. The fourth-order valence-electron chi connectivity index (χ4n) is 3.62. The average molecular weight is 519 g/mol. The van der Waals surface area contributed by atoms with Crippen LogP contribution in [0.5, 0.6) is 0 Å². The normalized spacial score (nSPS) is 11.5. The number of sulfonamides is 1. The fraction of sp³-hybridized carbons (Fsp3) is 0.130. The van der Waals surface area contributed by atoms with Gasteiger partial charge in [0.15, 0.2) is 0 Å². The number of nitrogens with zero attached hydrogens (tertiary/aromatic N) is 3. The first kappa shape index (κ1) is 23.9. The Hall–Kier alpha value is -3.27. The quantitative estimate of drug-likeness (QED) is 0.417. The molecule has 1 aromatic heterocycles. The minimum absolute atomic E-state index is 0.00882. The van der Waals surface area contributed by atoms with E-state index in [1.807, 2.05) is 0 Å². The van der Waals surface area contributed by atoms with Crippen LogP contribution in [0.1, 0.15) is 0 Å². The number of halogens is 2. The van der Waals surface area contributed by atoms with Gasteiger partial charge in [-0.1, -0.05) is 41.4 Å². The van der Waals surface area contributed by atoms with E-state index in [1.165, 1.54) is 39.5 Å². The predicted octanol–water partition coefficient (Wildman–Crippen LogP) is 4.02. The Morgan fingerprint density at radius 1 is 0.941 bits per heavy atom. The van der Waals surface area contributed by atoms with Crippen molar-refractivity contribution in [3.8, 4) is 0 Å². The summed E-state index contributed by atoms with van der Waals surface area (Å²) >= 11 is 12.3.